The van der Waals surface area contributed by atoms with Gasteiger partial charge in [-0.2, -0.15) is 5.10 Å². The maximum Gasteiger partial charge on any atom is 0.274 e. The summed E-state index contributed by atoms with van der Waals surface area (Å²) in [7, 11) is 0. The first-order chi connectivity index (χ1) is 10.2. The van der Waals surface area contributed by atoms with Crippen LogP contribution >= 0.6 is 0 Å². The first-order valence-corrected chi connectivity index (χ1v) is 6.88. The van der Waals surface area contributed by atoms with Gasteiger partial charge in [-0.05, 0) is 6.07 Å². The monoisotopic (exact) mass is 281 g/mol. The van der Waals surface area contributed by atoms with Crippen LogP contribution in [0.4, 0.5) is 0 Å². The van der Waals surface area contributed by atoms with E-state index in [1.54, 1.807) is 17.2 Å². The van der Waals surface area contributed by atoms with Gasteiger partial charge in [0.25, 0.3) is 5.56 Å². The summed E-state index contributed by atoms with van der Waals surface area (Å²) in [5, 5.41) is 5.62. The van der Waals surface area contributed by atoms with Gasteiger partial charge in [-0.25, -0.2) is 4.68 Å². The minimum absolute atomic E-state index is 0.0150. The summed E-state index contributed by atoms with van der Waals surface area (Å²) < 4.78 is 1.40. The van der Waals surface area contributed by atoms with Gasteiger partial charge < -0.3 is 4.90 Å². The second-order valence-electron chi connectivity index (χ2n) is 5.17. The average Bonchev–Trinajstić information content (AvgIpc) is 2.87. The molecule has 1 saturated heterocycles. The van der Waals surface area contributed by atoms with E-state index >= 15 is 0 Å². The Labute approximate surface area is 122 Å². The van der Waals surface area contributed by atoms with Crippen molar-refractivity contribution in [2.75, 3.05) is 13.1 Å². The normalized spacial score (nSPS) is 18.1. The molecule has 1 aliphatic rings. The molecule has 0 spiro atoms. The Morgan fingerprint density at radius 2 is 2.10 bits per heavy atom. The van der Waals surface area contributed by atoms with Gasteiger partial charge in [0.1, 0.15) is 0 Å². The molecule has 1 fully saturated rings. The Bertz CT molecular complexity index is 788. The number of aromatic nitrogens is 2. The molecule has 1 aromatic heterocycles. The van der Waals surface area contributed by atoms with E-state index in [2.05, 4.69) is 11.0 Å². The van der Waals surface area contributed by atoms with E-state index in [1.807, 2.05) is 18.2 Å². The molecule has 3 rings (SSSR count). The van der Waals surface area contributed by atoms with Crippen molar-refractivity contribution in [3.8, 4) is 12.3 Å². The molecule has 1 unspecified atom stereocenters. The van der Waals surface area contributed by atoms with E-state index in [0.29, 0.717) is 31.4 Å². The summed E-state index contributed by atoms with van der Waals surface area (Å²) in [6.07, 6.45) is 7.43. The van der Waals surface area contributed by atoms with Crippen LogP contribution in [0, 0.1) is 18.3 Å². The van der Waals surface area contributed by atoms with E-state index < -0.39 is 0 Å². The van der Waals surface area contributed by atoms with Crippen LogP contribution in [-0.2, 0) is 11.3 Å². The molecule has 0 saturated carbocycles. The lowest BCUT2D eigenvalue weighted by molar-refractivity contribution is -0.127. The Hall–Kier alpha value is -2.61. The Balaban J connectivity index is 1.77. The van der Waals surface area contributed by atoms with Crippen LogP contribution in [0.2, 0.25) is 0 Å². The number of hydrogen-bond donors (Lipinski definition) is 0. The summed E-state index contributed by atoms with van der Waals surface area (Å²) in [5.74, 6) is 2.64. The summed E-state index contributed by atoms with van der Waals surface area (Å²) in [6.45, 7) is 1.41. The Kier molecular flexibility index (Phi) is 3.44. The van der Waals surface area contributed by atoms with Gasteiger partial charge in [-0.15, -0.1) is 12.3 Å². The third kappa shape index (κ3) is 2.52. The van der Waals surface area contributed by atoms with Crippen molar-refractivity contribution in [1.29, 1.82) is 0 Å². The highest BCUT2D eigenvalue weighted by molar-refractivity contribution is 5.80. The van der Waals surface area contributed by atoms with Crippen molar-refractivity contribution in [2.45, 2.75) is 13.0 Å². The predicted molar refractivity (Wildman–Crippen MR) is 79.5 cm³/mol. The third-order valence-electron chi connectivity index (χ3n) is 3.79. The fourth-order valence-electron chi connectivity index (χ4n) is 2.60. The van der Waals surface area contributed by atoms with Gasteiger partial charge in [-0.1, -0.05) is 18.2 Å². The van der Waals surface area contributed by atoms with E-state index in [4.69, 9.17) is 6.42 Å². The first kappa shape index (κ1) is 13.4. The Morgan fingerprint density at radius 3 is 2.86 bits per heavy atom. The standard InChI is InChI=1S/C16H15N3O2/c1-2-12-9-15(20)18(11-12)7-8-19-16(21)14-6-4-3-5-13(14)10-17-19/h1,3-6,10,12H,7-9,11H2. The lowest BCUT2D eigenvalue weighted by Gasteiger charge is -2.16. The van der Waals surface area contributed by atoms with Crippen LogP contribution in [0.1, 0.15) is 6.42 Å². The number of amides is 1. The number of hydrogen-bond acceptors (Lipinski definition) is 3. The summed E-state index contributed by atoms with van der Waals surface area (Å²) in [6, 6.07) is 7.34. The van der Waals surface area contributed by atoms with Crippen molar-refractivity contribution in [2.24, 2.45) is 5.92 Å². The molecule has 0 radical (unpaired) electrons. The molecule has 1 atom stereocenters. The van der Waals surface area contributed by atoms with Crippen LogP contribution in [0.3, 0.4) is 0 Å². The van der Waals surface area contributed by atoms with Crippen molar-refractivity contribution in [3.63, 3.8) is 0 Å². The highest BCUT2D eigenvalue weighted by Crippen LogP contribution is 2.16. The molecule has 1 aliphatic heterocycles. The van der Waals surface area contributed by atoms with Gasteiger partial charge >= 0.3 is 0 Å². The molecule has 2 heterocycles. The minimum atomic E-state index is -0.131. The summed E-state index contributed by atoms with van der Waals surface area (Å²) in [5.41, 5.74) is -0.131. The summed E-state index contributed by atoms with van der Waals surface area (Å²) in [4.78, 5) is 25.8. The van der Waals surface area contributed by atoms with Crippen LogP contribution in [0.15, 0.2) is 35.3 Å². The quantitative estimate of drug-likeness (QED) is 0.785. The number of nitrogens with zero attached hydrogens (tertiary/aromatic N) is 3. The molecule has 21 heavy (non-hydrogen) atoms. The van der Waals surface area contributed by atoms with E-state index in [-0.39, 0.29) is 17.4 Å². The van der Waals surface area contributed by atoms with Crippen molar-refractivity contribution in [1.82, 2.24) is 14.7 Å². The number of carbonyl (C=O) groups is 1. The fraction of sp³-hybridized carbons (Fsp3) is 0.312. The largest absolute Gasteiger partial charge is 0.340 e. The van der Waals surface area contributed by atoms with Crippen molar-refractivity contribution in [3.05, 3.63) is 40.8 Å². The zero-order valence-corrected chi connectivity index (χ0v) is 11.5. The number of benzene rings is 1. The zero-order valence-electron chi connectivity index (χ0n) is 11.5. The lowest BCUT2D eigenvalue weighted by Crippen LogP contribution is -2.33. The molecule has 1 aromatic carbocycles. The number of terminal acetylenes is 1. The van der Waals surface area contributed by atoms with Gasteiger partial charge in [-0.3, -0.25) is 9.59 Å². The number of carbonyl (C=O) groups excluding carboxylic acids is 1. The molecule has 0 bridgehead atoms. The summed E-state index contributed by atoms with van der Waals surface area (Å²) >= 11 is 0. The smallest absolute Gasteiger partial charge is 0.274 e. The van der Waals surface area contributed by atoms with E-state index in [1.165, 1.54) is 4.68 Å². The molecule has 0 N–H and O–H groups in total. The molecule has 106 valence electrons. The number of fused-ring (bicyclic) bond motifs is 1. The maximum absolute atomic E-state index is 12.3. The Morgan fingerprint density at radius 1 is 1.29 bits per heavy atom. The number of rotatable bonds is 3. The predicted octanol–water partition coefficient (Wildman–Crippen LogP) is 0.878. The van der Waals surface area contributed by atoms with Crippen LogP contribution in [-0.4, -0.2) is 33.7 Å². The van der Waals surface area contributed by atoms with E-state index in [9.17, 15) is 9.59 Å². The highest BCUT2D eigenvalue weighted by atomic mass is 16.2. The zero-order chi connectivity index (χ0) is 14.8. The fourth-order valence-corrected chi connectivity index (χ4v) is 2.60. The van der Waals surface area contributed by atoms with Crippen LogP contribution in [0.5, 0.6) is 0 Å². The van der Waals surface area contributed by atoms with Crippen molar-refractivity contribution >= 4 is 16.7 Å². The van der Waals surface area contributed by atoms with Gasteiger partial charge in [0.05, 0.1) is 18.1 Å². The third-order valence-corrected chi connectivity index (χ3v) is 3.79. The average molecular weight is 281 g/mol. The lowest BCUT2D eigenvalue weighted by atomic mass is 10.1. The number of likely N-dealkylation sites (tertiary alicyclic amines) is 1. The second kappa shape index (κ2) is 5.41. The SMILES string of the molecule is C#CC1CC(=O)N(CCn2ncc3ccccc3c2=O)C1. The van der Waals surface area contributed by atoms with Crippen LogP contribution in [0.25, 0.3) is 10.8 Å². The molecular weight excluding hydrogens is 266 g/mol. The molecule has 1 amide bonds. The maximum atomic E-state index is 12.3. The van der Waals surface area contributed by atoms with Gasteiger partial charge in [0.2, 0.25) is 5.91 Å². The molecule has 5 heteroatoms. The van der Waals surface area contributed by atoms with Crippen LogP contribution < -0.4 is 5.56 Å². The van der Waals surface area contributed by atoms with Gasteiger partial charge in [0, 0.05) is 30.8 Å². The topological polar surface area (TPSA) is 55.2 Å². The highest BCUT2D eigenvalue weighted by Gasteiger charge is 2.27. The minimum Gasteiger partial charge on any atom is -0.340 e. The second-order valence-corrected chi connectivity index (χ2v) is 5.17. The molecular formula is C16H15N3O2. The molecule has 0 aliphatic carbocycles. The van der Waals surface area contributed by atoms with Gasteiger partial charge in [0.15, 0.2) is 0 Å². The van der Waals surface area contributed by atoms with E-state index in [0.717, 1.165) is 5.39 Å². The first-order valence-electron chi connectivity index (χ1n) is 6.88. The van der Waals surface area contributed by atoms with Crippen molar-refractivity contribution < 1.29 is 4.79 Å². The molecule has 5 nitrogen and oxygen atoms in total. The molecule has 2 aromatic rings.